The Kier molecular flexibility index (Phi) is 3.28. The number of alkyl halides is 3. The fourth-order valence-electron chi connectivity index (χ4n) is 1.58. The van der Waals surface area contributed by atoms with Gasteiger partial charge in [-0.3, -0.25) is 9.89 Å². The van der Waals surface area contributed by atoms with Crippen molar-refractivity contribution in [2.24, 2.45) is 0 Å². The number of hydrogen-bond donors (Lipinski definition) is 2. The van der Waals surface area contributed by atoms with Crippen LogP contribution in [0.5, 0.6) is 0 Å². The Balaban J connectivity index is 2.32. The molecule has 1 aromatic heterocycles. The number of rotatable bonds is 2. The highest BCUT2D eigenvalue weighted by Gasteiger charge is 2.34. The predicted octanol–water partition coefficient (Wildman–Crippen LogP) is 2.99. The molecule has 0 saturated heterocycles. The van der Waals surface area contributed by atoms with Gasteiger partial charge in [-0.15, -0.1) is 0 Å². The molecule has 0 saturated carbocycles. The van der Waals surface area contributed by atoms with Gasteiger partial charge in [-0.05, 0) is 19.1 Å². The summed E-state index contributed by atoms with van der Waals surface area (Å²) in [5.41, 5.74) is -0.758. The average Bonchev–Trinajstić information content (AvgIpc) is 2.74. The zero-order valence-electron chi connectivity index (χ0n) is 9.88. The van der Waals surface area contributed by atoms with Crippen molar-refractivity contribution >= 4 is 11.7 Å². The summed E-state index contributed by atoms with van der Waals surface area (Å²) >= 11 is 0. The van der Waals surface area contributed by atoms with E-state index in [-0.39, 0.29) is 5.82 Å². The number of amides is 1. The first-order chi connectivity index (χ1) is 8.89. The van der Waals surface area contributed by atoms with Crippen LogP contribution in [0.15, 0.2) is 30.5 Å². The number of aromatic nitrogens is 2. The minimum absolute atomic E-state index is 0.280. The summed E-state index contributed by atoms with van der Waals surface area (Å²) in [7, 11) is 0. The average molecular weight is 269 g/mol. The van der Waals surface area contributed by atoms with Crippen molar-refractivity contribution in [2.45, 2.75) is 13.1 Å². The first-order valence-electron chi connectivity index (χ1n) is 5.37. The van der Waals surface area contributed by atoms with Crippen molar-refractivity contribution in [3.63, 3.8) is 0 Å². The molecule has 1 amide bonds. The van der Waals surface area contributed by atoms with Gasteiger partial charge >= 0.3 is 6.18 Å². The van der Waals surface area contributed by atoms with E-state index in [0.717, 1.165) is 12.1 Å². The van der Waals surface area contributed by atoms with Gasteiger partial charge in [0.05, 0.1) is 17.3 Å². The molecular weight excluding hydrogens is 259 g/mol. The Morgan fingerprint density at radius 1 is 1.32 bits per heavy atom. The summed E-state index contributed by atoms with van der Waals surface area (Å²) in [6, 6.07) is 4.61. The number of carbonyl (C=O) groups is 1. The van der Waals surface area contributed by atoms with E-state index < -0.39 is 23.2 Å². The van der Waals surface area contributed by atoms with Gasteiger partial charge in [0.1, 0.15) is 5.82 Å². The van der Waals surface area contributed by atoms with E-state index in [0.29, 0.717) is 5.56 Å². The Morgan fingerprint density at radius 2 is 2.00 bits per heavy atom. The summed E-state index contributed by atoms with van der Waals surface area (Å²) in [5, 5.41) is 8.54. The highest BCUT2D eigenvalue weighted by atomic mass is 19.4. The second-order valence-electron chi connectivity index (χ2n) is 3.93. The predicted molar refractivity (Wildman–Crippen MR) is 62.7 cm³/mol. The van der Waals surface area contributed by atoms with Gasteiger partial charge in [-0.25, -0.2) is 0 Å². The van der Waals surface area contributed by atoms with Crippen molar-refractivity contribution in [3.05, 3.63) is 47.2 Å². The van der Waals surface area contributed by atoms with Gasteiger partial charge < -0.3 is 5.32 Å². The van der Waals surface area contributed by atoms with Gasteiger partial charge in [-0.2, -0.15) is 18.3 Å². The molecule has 7 heteroatoms. The Labute approximate surface area is 106 Å². The topological polar surface area (TPSA) is 57.8 Å². The molecule has 0 radical (unpaired) electrons. The lowest BCUT2D eigenvalue weighted by atomic mass is 10.1. The molecule has 100 valence electrons. The summed E-state index contributed by atoms with van der Waals surface area (Å²) < 4.78 is 38.3. The van der Waals surface area contributed by atoms with E-state index in [9.17, 15) is 18.0 Å². The van der Waals surface area contributed by atoms with Gasteiger partial charge in [0.15, 0.2) is 0 Å². The summed E-state index contributed by atoms with van der Waals surface area (Å²) in [5.74, 6) is -0.553. The van der Waals surface area contributed by atoms with E-state index in [1.54, 1.807) is 6.92 Å². The Morgan fingerprint density at radius 3 is 2.58 bits per heavy atom. The number of anilines is 1. The van der Waals surface area contributed by atoms with E-state index in [2.05, 4.69) is 15.5 Å². The monoisotopic (exact) mass is 269 g/mol. The smallest absolute Gasteiger partial charge is 0.307 e. The molecule has 0 spiro atoms. The Bertz CT molecular complexity index is 604. The number of carbonyl (C=O) groups excluding carboxylic acids is 1. The second-order valence-corrected chi connectivity index (χ2v) is 3.93. The number of H-pyrrole nitrogens is 1. The molecule has 2 aromatic rings. The SMILES string of the molecule is Cc1cn[nH]c1NC(=O)c1ccccc1C(F)(F)F. The van der Waals surface area contributed by atoms with Crippen molar-refractivity contribution < 1.29 is 18.0 Å². The van der Waals surface area contributed by atoms with Gasteiger partial charge in [0.25, 0.3) is 5.91 Å². The molecule has 2 N–H and O–H groups in total. The number of aryl methyl sites for hydroxylation is 1. The van der Waals surface area contributed by atoms with Crippen LogP contribution in [-0.2, 0) is 6.18 Å². The lowest BCUT2D eigenvalue weighted by Crippen LogP contribution is -2.19. The third kappa shape index (κ3) is 2.75. The number of benzene rings is 1. The van der Waals surface area contributed by atoms with Crippen LogP contribution < -0.4 is 5.32 Å². The zero-order chi connectivity index (χ0) is 14.0. The number of nitrogens with one attached hydrogen (secondary N) is 2. The minimum atomic E-state index is -4.57. The number of nitrogens with zero attached hydrogens (tertiary/aromatic N) is 1. The van der Waals surface area contributed by atoms with E-state index >= 15 is 0 Å². The normalized spacial score (nSPS) is 11.4. The van der Waals surface area contributed by atoms with Crippen LogP contribution in [0.25, 0.3) is 0 Å². The van der Waals surface area contributed by atoms with E-state index in [1.165, 1.54) is 18.3 Å². The molecule has 0 aliphatic rings. The van der Waals surface area contributed by atoms with Crippen molar-refractivity contribution in [1.82, 2.24) is 10.2 Å². The van der Waals surface area contributed by atoms with Crippen LogP contribution in [0.2, 0.25) is 0 Å². The molecule has 19 heavy (non-hydrogen) atoms. The van der Waals surface area contributed by atoms with Gasteiger partial charge in [0, 0.05) is 5.56 Å². The van der Waals surface area contributed by atoms with Crippen molar-refractivity contribution in [3.8, 4) is 0 Å². The first kappa shape index (κ1) is 13.1. The maximum atomic E-state index is 12.8. The molecule has 1 aromatic carbocycles. The zero-order valence-corrected chi connectivity index (χ0v) is 9.88. The second kappa shape index (κ2) is 4.75. The highest BCUT2D eigenvalue weighted by molar-refractivity contribution is 6.05. The largest absolute Gasteiger partial charge is 0.417 e. The van der Waals surface area contributed by atoms with Crippen LogP contribution in [0, 0.1) is 6.92 Å². The molecule has 0 aliphatic carbocycles. The van der Waals surface area contributed by atoms with Crippen LogP contribution in [0.4, 0.5) is 19.0 Å². The molecule has 1 heterocycles. The lowest BCUT2D eigenvalue weighted by Gasteiger charge is -2.12. The summed E-state index contributed by atoms with van der Waals surface area (Å²) in [4.78, 5) is 11.9. The molecule has 0 fully saturated rings. The maximum absolute atomic E-state index is 12.8. The molecule has 0 bridgehead atoms. The van der Waals surface area contributed by atoms with Crippen LogP contribution in [0.1, 0.15) is 21.5 Å². The van der Waals surface area contributed by atoms with Gasteiger partial charge in [0.2, 0.25) is 0 Å². The van der Waals surface area contributed by atoms with Crippen LogP contribution in [0.3, 0.4) is 0 Å². The molecule has 4 nitrogen and oxygen atoms in total. The highest BCUT2D eigenvalue weighted by Crippen LogP contribution is 2.32. The Hall–Kier alpha value is -2.31. The van der Waals surface area contributed by atoms with E-state index in [1.807, 2.05) is 0 Å². The van der Waals surface area contributed by atoms with Gasteiger partial charge in [-0.1, -0.05) is 12.1 Å². The maximum Gasteiger partial charge on any atom is 0.417 e. The number of aromatic amines is 1. The van der Waals surface area contributed by atoms with E-state index in [4.69, 9.17) is 0 Å². The molecule has 2 rings (SSSR count). The third-order valence-corrected chi connectivity index (χ3v) is 2.54. The fourth-order valence-corrected chi connectivity index (χ4v) is 1.58. The lowest BCUT2D eigenvalue weighted by molar-refractivity contribution is -0.137. The van der Waals surface area contributed by atoms with Crippen molar-refractivity contribution in [2.75, 3.05) is 5.32 Å². The molecule has 0 aliphatic heterocycles. The summed E-state index contributed by atoms with van der Waals surface area (Å²) in [6.45, 7) is 1.68. The van der Waals surface area contributed by atoms with Crippen LogP contribution >= 0.6 is 0 Å². The summed E-state index contributed by atoms with van der Waals surface area (Å²) in [6.07, 6.45) is -3.11. The molecule has 0 atom stereocenters. The first-order valence-corrected chi connectivity index (χ1v) is 5.37. The fraction of sp³-hybridized carbons (Fsp3) is 0.167. The number of halogens is 3. The third-order valence-electron chi connectivity index (χ3n) is 2.54. The van der Waals surface area contributed by atoms with Crippen molar-refractivity contribution in [1.29, 1.82) is 0 Å². The number of hydrogen-bond acceptors (Lipinski definition) is 2. The molecular formula is C12H10F3N3O. The quantitative estimate of drug-likeness (QED) is 0.880. The van der Waals surface area contributed by atoms with Crippen LogP contribution in [-0.4, -0.2) is 16.1 Å². The standard InChI is InChI=1S/C12H10F3N3O/c1-7-6-16-18-10(7)17-11(19)8-4-2-3-5-9(8)12(13,14)15/h2-6H,1H3,(H2,16,17,18,19). The molecule has 0 unspecified atom stereocenters. The minimum Gasteiger partial charge on any atom is -0.307 e.